The van der Waals surface area contributed by atoms with E-state index in [2.05, 4.69) is 28.4 Å². The minimum atomic E-state index is -0.959. The molecule has 1 aliphatic heterocycles. The molecule has 10 heteroatoms. The summed E-state index contributed by atoms with van der Waals surface area (Å²) in [5, 5.41) is 10.7. The third-order valence-corrected chi connectivity index (χ3v) is 10.3. The summed E-state index contributed by atoms with van der Waals surface area (Å²) < 4.78 is 32.2. The molecule has 1 aliphatic rings. The second-order valence-electron chi connectivity index (χ2n) is 16.1. The summed E-state index contributed by atoms with van der Waals surface area (Å²) in [6, 6.07) is 25.9. The fourth-order valence-corrected chi connectivity index (χ4v) is 7.24. The van der Waals surface area contributed by atoms with Gasteiger partial charge in [-0.2, -0.15) is 0 Å². The normalized spacial score (nSPS) is 15.5. The molecule has 0 bridgehead atoms. The molecule has 6 rings (SSSR count). The average molecular weight is 764 g/mol. The van der Waals surface area contributed by atoms with Crippen LogP contribution in [0.2, 0.25) is 0 Å². The van der Waals surface area contributed by atoms with Gasteiger partial charge in [-0.05, 0) is 102 Å². The highest BCUT2D eigenvalue weighted by Gasteiger charge is 2.37. The molecule has 56 heavy (non-hydrogen) atoms. The van der Waals surface area contributed by atoms with Gasteiger partial charge in [0.2, 0.25) is 0 Å². The number of ether oxygens (including phenoxy) is 5. The number of phenols is 1. The van der Waals surface area contributed by atoms with Gasteiger partial charge in [-0.15, -0.1) is 0 Å². The Morgan fingerprint density at radius 1 is 0.946 bits per heavy atom. The smallest absolute Gasteiger partial charge is 0.339 e. The van der Waals surface area contributed by atoms with Gasteiger partial charge in [-0.1, -0.05) is 60.7 Å². The van der Waals surface area contributed by atoms with Gasteiger partial charge in [-0.3, -0.25) is 4.40 Å². The first kappa shape index (κ1) is 40.9. The van der Waals surface area contributed by atoms with E-state index in [0.717, 1.165) is 68.9 Å². The molecule has 0 radical (unpaired) electrons. The van der Waals surface area contributed by atoms with Gasteiger partial charge >= 0.3 is 5.97 Å². The summed E-state index contributed by atoms with van der Waals surface area (Å²) in [6.07, 6.45) is 2.58. The van der Waals surface area contributed by atoms with Crippen molar-refractivity contribution in [2.75, 3.05) is 44.9 Å². The minimum absolute atomic E-state index is 0.0281. The fourth-order valence-electron chi connectivity index (χ4n) is 7.24. The van der Waals surface area contributed by atoms with Crippen LogP contribution in [0.15, 0.2) is 85.1 Å². The summed E-state index contributed by atoms with van der Waals surface area (Å²) in [7, 11) is 1.40. The van der Waals surface area contributed by atoms with E-state index in [1.165, 1.54) is 7.11 Å². The van der Waals surface area contributed by atoms with E-state index < -0.39 is 17.7 Å². The predicted molar refractivity (Wildman–Crippen MR) is 220 cm³/mol. The number of carbonyl (C=O) groups is 1. The van der Waals surface area contributed by atoms with E-state index in [4.69, 9.17) is 28.7 Å². The van der Waals surface area contributed by atoms with E-state index in [9.17, 15) is 9.90 Å². The summed E-state index contributed by atoms with van der Waals surface area (Å²) in [4.78, 5) is 21.0. The first-order chi connectivity index (χ1) is 26.7. The van der Waals surface area contributed by atoms with Crippen molar-refractivity contribution >= 4 is 17.4 Å². The number of nitrogens with zero attached hydrogens (tertiary/aromatic N) is 3. The zero-order valence-corrected chi connectivity index (χ0v) is 34.1. The van der Waals surface area contributed by atoms with Crippen molar-refractivity contribution in [3.05, 3.63) is 107 Å². The molecule has 10 nitrogen and oxygen atoms in total. The maximum absolute atomic E-state index is 13.5. The topological polar surface area (TPSA) is 104 Å². The predicted octanol–water partition coefficient (Wildman–Crippen LogP) is 9.02. The largest absolute Gasteiger partial charge is 0.507 e. The van der Waals surface area contributed by atoms with Crippen LogP contribution >= 0.6 is 0 Å². The number of hydrogen-bond acceptors (Lipinski definition) is 9. The molecule has 1 N–H and O–H groups in total. The highest BCUT2D eigenvalue weighted by Crippen LogP contribution is 2.40. The van der Waals surface area contributed by atoms with Crippen molar-refractivity contribution in [1.82, 2.24) is 9.38 Å². The number of hydrogen-bond donors (Lipinski definition) is 1. The summed E-state index contributed by atoms with van der Waals surface area (Å²) in [5.74, 6) is 0.625. The maximum atomic E-state index is 13.5. The Bertz CT molecular complexity index is 2100. The number of carbonyl (C=O) groups excluding carboxylic acids is 1. The second kappa shape index (κ2) is 17.6. The number of benzene rings is 3. The quantitative estimate of drug-likeness (QED) is 0.0827. The summed E-state index contributed by atoms with van der Waals surface area (Å²) in [5.41, 5.74) is 6.88. The molecule has 0 amide bonds. The number of phenolic OH excluding ortho intramolecular Hbond substituents is 1. The molecule has 0 spiro atoms. The van der Waals surface area contributed by atoms with Crippen LogP contribution in [0.25, 0.3) is 28.0 Å². The lowest BCUT2D eigenvalue weighted by molar-refractivity contribution is -0.164. The molecule has 298 valence electrons. The number of pyridine rings is 1. The number of fused-ring (bicyclic) bond motifs is 1. The number of methoxy groups -OCH3 is 1. The van der Waals surface area contributed by atoms with Gasteiger partial charge in [0, 0.05) is 36.0 Å². The van der Waals surface area contributed by atoms with Gasteiger partial charge in [0.15, 0.2) is 6.10 Å². The average Bonchev–Trinajstić information content (AvgIpc) is 3.59. The standard InChI is InChI=1S/C46H57N3O7/c1-31-17-18-37(39(50)25-31)35-15-12-16-36(27-35)38-28-49-40(47-38)26-32(2)41(42(44(51)52-8)56-45(4,5)6)43(49)48-21-19-46(7,20-22-48)55-24-23-53-29-33(3)54-30-34-13-10-9-11-14-34/h9-18,25-28,33,42,50H,19-24,29-30H2,1-8H3/t33-,42+/m1/s1. The molecule has 1 saturated heterocycles. The lowest BCUT2D eigenvalue weighted by Crippen LogP contribution is -2.46. The van der Waals surface area contributed by atoms with Crippen LogP contribution < -0.4 is 4.90 Å². The van der Waals surface area contributed by atoms with Crippen LogP contribution in [0.5, 0.6) is 5.75 Å². The van der Waals surface area contributed by atoms with Crippen molar-refractivity contribution in [3.63, 3.8) is 0 Å². The number of imidazole rings is 1. The molecule has 1 fully saturated rings. The fraction of sp³-hybridized carbons (Fsp3) is 0.435. The molecule has 0 unspecified atom stereocenters. The first-order valence-corrected chi connectivity index (χ1v) is 19.5. The van der Waals surface area contributed by atoms with Crippen molar-refractivity contribution in [2.45, 2.75) is 91.3 Å². The summed E-state index contributed by atoms with van der Waals surface area (Å²) in [6.45, 7) is 17.4. The third-order valence-electron chi connectivity index (χ3n) is 10.3. The number of aromatic nitrogens is 2. The maximum Gasteiger partial charge on any atom is 0.339 e. The molecule has 0 aliphatic carbocycles. The van der Waals surface area contributed by atoms with Gasteiger partial charge in [0.1, 0.15) is 17.2 Å². The molecule has 3 aromatic carbocycles. The van der Waals surface area contributed by atoms with E-state index >= 15 is 0 Å². The van der Waals surface area contributed by atoms with Gasteiger partial charge in [-0.25, -0.2) is 9.78 Å². The number of esters is 1. The Morgan fingerprint density at radius 2 is 1.68 bits per heavy atom. The Balaban J connectivity index is 1.23. The highest BCUT2D eigenvalue weighted by molar-refractivity contribution is 5.81. The SMILES string of the molecule is COC(=O)[C@@H](OC(C)(C)C)c1c(C)cc2nc(-c3cccc(-c4ccc(C)cc4O)c3)cn2c1N1CCC(C)(OCCOC[C@@H](C)OCc2ccccc2)CC1. The number of anilines is 1. The van der Waals surface area contributed by atoms with Crippen molar-refractivity contribution in [3.8, 4) is 28.1 Å². The van der Waals surface area contributed by atoms with Crippen LogP contribution in [0.4, 0.5) is 5.82 Å². The van der Waals surface area contributed by atoms with Crippen LogP contribution in [-0.2, 0) is 35.1 Å². The zero-order chi connectivity index (χ0) is 40.0. The minimum Gasteiger partial charge on any atom is -0.507 e. The zero-order valence-electron chi connectivity index (χ0n) is 34.1. The number of aromatic hydroxyl groups is 1. The Morgan fingerprint density at radius 3 is 2.38 bits per heavy atom. The van der Waals surface area contributed by atoms with Crippen LogP contribution in [0.1, 0.15) is 75.8 Å². The summed E-state index contributed by atoms with van der Waals surface area (Å²) >= 11 is 0. The number of piperidine rings is 1. The Hall–Kier alpha value is -4.74. The molecule has 2 aromatic heterocycles. The molecular formula is C46H57N3O7. The van der Waals surface area contributed by atoms with Crippen LogP contribution in [0.3, 0.4) is 0 Å². The van der Waals surface area contributed by atoms with E-state index in [1.807, 2.05) is 108 Å². The lowest BCUT2D eigenvalue weighted by atomic mass is 9.92. The third kappa shape index (κ3) is 9.97. The van der Waals surface area contributed by atoms with Gasteiger partial charge in [0.25, 0.3) is 0 Å². The van der Waals surface area contributed by atoms with E-state index in [0.29, 0.717) is 39.5 Å². The first-order valence-electron chi connectivity index (χ1n) is 19.5. The lowest BCUT2D eigenvalue weighted by Gasteiger charge is -2.41. The molecule has 5 aromatic rings. The Kier molecular flexibility index (Phi) is 12.9. The Labute approximate surface area is 331 Å². The molecule has 0 saturated carbocycles. The molecular weight excluding hydrogens is 707 g/mol. The van der Waals surface area contributed by atoms with E-state index in [-0.39, 0.29) is 17.5 Å². The monoisotopic (exact) mass is 763 g/mol. The van der Waals surface area contributed by atoms with Crippen molar-refractivity contribution in [1.29, 1.82) is 0 Å². The second-order valence-corrected chi connectivity index (χ2v) is 16.1. The molecule has 2 atom stereocenters. The van der Waals surface area contributed by atoms with Crippen molar-refractivity contribution < 1.29 is 33.6 Å². The number of aryl methyl sites for hydroxylation is 2. The highest BCUT2D eigenvalue weighted by atomic mass is 16.6. The van der Waals surface area contributed by atoms with Gasteiger partial charge in [0.05, 0.1) is 56.5 Å². The van der Waals surface area contributed by atoms with E-state index in [1.54, 1.807) is 6.07 Å². The van der Waals surface area contributed by atoms with Gasteiger partial charge < -0.3 is 33.7 Å². The molecule has 3 heterocycles. The van der Waals surface area contributed by atoms with Crippen LogP contribution in [-0.4, -0.2) is 77.8 Å². The van der Waals surface area contributed by atoms with Crippen LogP contribution in [0, 0.1) is 13.8 Å². The number of rotatable bonds is 15. The van der Waals surface area contributed by atoms with Crippen molar-refractivity contribution in [2.24, 2.45) is 0 Å².